The lowest BCUT2D eigenvalue weighted by Gasteiger charge is -2.43. The van der Waals surface area contributed by atoms with Crippen molar-refractivity contribution < 1.29 is 14.0 Å². The van der Waals surface area contributed by atoms with Gasteiger partial charge >= 0.3 is 0 Å². The highest BCUT2D eigenvalue weighted by molar-refractivity contribution is 8.00. The van der Waals surface area contributed by atoms with E-state index >= 15 is 0 Å². The highest BCUT2D eigenvalue weighted by Gasteiger charge is 2.45. The Balaban J connectivity index is 1.48. The lowest BCUT2D eigenvalue weighted by atomic mass is 9.96. The second-order valence-corrected chi connectivity index (χ2v) is 9.99. The molecule has 2 amide bonds. The van der Waals surface area contributed by atoms with Crippen LogP contribution in [0.5, 0.6) is 0 Å². The Morgan fingerprint density at radius 3 is 2.71 bits per heavy atom. The number of fused-ring (bicyclic) bond motifs is 1. The van der Waals surface area contributed by atoms with Gasteiger partial charge in [-0.05, 0) is 57.2 Å². The molecule has 0 saturated heterocycles. The molecule has 1 atom stereocenters. The fourth-order valence-electron chi connectivity index (χ4n) is 4.02. The standard InChI is InChI=1S/C25H24N6O3S/c1-16(22(32)31-20-11-5-4-10-19(20)27-23(33)25(31,2)3)35-24-29-28-21(17-8-6-12-26-14-17)30(24)15-18-9-7-13-34-18/h4-14,16H,15H2,1-3H3,(H,27,33)/t16-/m1/s1. The molecular formula is C25H24N6O3S. The summed E-state index contributed by atoms with van der Waals surface area (Å²) in [6, 6.07) is 14.8. The number of carbonyl (C=O) groups is 2. The predicted octanol–water partition coefficient (Wildman–Crippen LogP) is 4.23. The van der Waals surface area contributed by atoms with E-state index in [1.54, 1.807) is 43.5 Å². The summed E-state index contributed by atoms with van der Waals surface area (Å²) in [4.78, 5) is 32.4. The van der Waals surface area contributed by atoms with E-state index in [2.05, 4.69) is 20.5 Å². The lowest BCUT2D eigenvalue weighted by Crippen LogP contribution is -2.60. The third kappa shape index (κ3) is 4.21. The summed E-state index contributed by atoms with van der Waals surface area (Å²) in [6.07, 6.45) is 5.03. The molecular weight excluding hydrogens is 464 g/mol. The number of furan rings is 1. The third-order valence-corrected chi connectivity index (χ3v) is 6.96. The van der Waals surface area contributed by atoms with E-state index in [9.17, 15) is 9.59 Å². The van der Waals surface area contributed by atoms with E-state index < -0.39 is 10.8 Å². The number of hydrogen-bond acceptors (Lipinski definition) is 7. The number of amides is 2. The van der Waals surface area contributed by atoms with Crippen LogP contribution in [0.4, 0.5) is 11.4 Å². The summed E-state index contributed by atoms with van der Waals surface area (Å²) >= 11 is 1.29. The normalized spacial score (nSPS) is 15.4. The topological polar surface area (TPSA) is 106 Å². The van der Waals surface area contributed by atoms with Gasteiger partial charge in [0.15, 0.2) is 11.0 Å². The number of carbonyl (C=O) groups excluding carboxylic acids is 2. The van der Waals surface area contributed by atoms with Gasteiger partial charge in [-0.15, -0.1) is 10.2 Å². The molecule has 35 heavy (non-hydrogen) atoms. The monoisotopic (exact) mass is 488 g/mol. The van der Waals surface area contributed by atoms with E-state index in [0.717, 1.165) is 11.3 Å². The van der Waals surface area contributed by atoms with Gasteiger partial charge in [-0.3, -0.25) is 24.0 Å². The van der Waals surface area contributed by atoms with Gasteiger partial charge in [0.2, 0.25) is 11.8 Å². The molecule has 178 valence electrons. The molecule has 4 heterocycles. The SMILES string of the molecule is C[C@@H](Sc1nnc(-c2cccnc2)n1Cc1ccco1)C(=O)N1c2ccccc2NC(=O)C1(C)C. The first-order valence-corrected chi connectivity index (χ1v) is 12.0. The number of aromatic nitrogens is 4. The summed E-state index contributed by atoms with van der Waals surface area (Å²) < 4.78 is 7.47. The second-order valence-electron chi connectivity index (χ2n) is 8.68. The Labute approximate surface area is 206 Å². The highest BCUT2D eigenvalue weighted by atomic mass is 32.2. The lowest BCUT2D eigenvalue weighted by molar-refractivity contribution is -0.126. The number of hydrogen-bond donors (Lipinski definition) is 1. The quantitative estimate of drug-likeness (QED) is 0.405. The summed E-state index contributed by atoms with van der Waals surface area (Å²) in [5.74, 6) is 0.928. The van der Waals surface area contributed by atoms with Crippen molar-refractivity contribution >= 4 is 35.0 Å². The van der Waals surface area contributed by atoms with Gasteiger partial charge in [-0.2, -0.15) is 0 Å². The van der Waals surface area contributed by atoms with Crippen LogP contribution in [0.25, 0.3) is 11.4 Å². The van der Waals surface area contributed by atoms with Gasteiger partial charge in [-0.25, -0.2) is 0 Å². The van der Waals surface area contributed by atoms with E-state index in [1.807, 2.05) is 54.0 Å². The fourth-order valence-corrected chi connectivity index (χ4v) is 4.91. The molecule has 1 aromatic carbocycles. The predicted molar refractivity (Wildman–Crippen MR) is 133 cm³/mol. The average Bonchev–Trinajstić information content (AvgIpc) is 3.51. The molecule has 1 aliphatic heterocycles. The van der Waals surface area contributed by atoms with E-state index in [0.29, 0.717) is 28.9 Å². The maximum atomic E-state index is 13.8. The van der Waals surface area contributed by atoms with Crippen molar-refractivity contribution in [2.24, 2.45) is 0 Å². The number of para-hydroxylation sites is 2. The molecule has 4 aromatic rings. The van der Waals surface area contributed by atoms with Crippen molar-refractivity contribution in [2.75, 3.05) is 10.2 Å². The van der Waals surface area contributed by atoms with Gasteiger partial charge in [0.05, 0.1) is 29.4 Å². The fraction of sp³-hybridized carbons (Fsp3) is 0.240. The molecule has 0 spiro atoms. The van der Waals surface area contributed by atoms with Crippen LogP contribution in [0.1, 0.15) is 26.5 Å². The first-order valence-electron chi connectivity index (χ1n) is 11.1. The number of anilines is 2. The number of pyridine rings is 1. The summed E-state index contributed by atoms with van der Waals surface area (Å²) in [5.41, 5.74) is 1.04. The number of thioether (sulfide) groups is 1. The summed E-state index contributed by atoms with van der Waals surface area (Å²) in [6.45, 7) is 5.70. The first kappa shape index (κ1) is 22.9. The number of nitrogens with one attached hydrogen (secondary N) is 1. The summed E-state index contributed by atoms with van der Waals surface area (Å²) in [5, 5.41) is 11.7. The molecule has 0 fully saturated rings. The Bertz CT molecular complexity index is 1370. The van der Waals surface area contributed by atoms with E-state index in [-0.39, 0.29) is 11.8 Å². The largest absolute Gasteiger partial charge is 0.467 e. The van der Waals surface area contributed by atoms with Crippen LogP contribution in [-0.4, -0.2) is 42.4 Å². The van der Waals surface area contributed by atoms with E-state index in [4.69, 9.17) is 4.42 Å². The molecule has 0 aliphatic carbocycles. The number of nitrogens with zero attached hydrogens (tertiary/aromatic N) is 5. The Morgan fingerprint density at radius 1 is 1.14 bits per heavy atom. The summed E-state index contributed by atoms with van der Waals surface area (Å²) in [7, 11) is 0. The number of rotatable bonds is 6. The van der Waals surface area contributed by atoms with Crippen molar-refractivity contribution in [3.05, 3.63) is 72.9 Å². The van der Waals surface area contributed by atoms with Crippen LogP contribution in [-0.2, 0) is 16.1 Å². The van der Waals surface area contributed by atoms with E-state index in [1.165, 1.54) is 11.8 Å². The third-order valence-electron chi connectivity index (χ3n) is 5.89. The Kier molecular flexibility index (Phi) is 5.89. The molecule has 1 N–H and O–H groups in total. The minimum absolute atomic E-state index is 0.197. The molecule has 0 radical (unpaired) electrons. The highest BCUT2D eigenvalue weighted by Crippen LogP contribution is 2.39. The second kappa shape index (κ2) is 9.03. The zero-order valence-corrected chi connectivity index (χ0v) is 20.3. The zero-order chi connectivity index (χ0) is 24.6. The minimum atomic E-state index is -1.05. The maximum absolute atomic E-state index is 13.8. The minimum Gasteiger partial charge on any atom is -0.467 e. The molecule has 0 bridgehead atoms. The van der Waals surface area contributed by atoms with Crippen LogP contribution >= 0.6 is 11.8 Å². The van der Waals surface area contributed by atoms with Crippen molar-refractivity contribution in [3.8, 4) is 11.4 Å². The Hall–Kier alpha value is -3.92. The Morgan fingerprint density at radius 2 is 1.97 bits per heavy atom. The molecule has 10 heteroatoms. The molecule has 9 nitrogen and oxygen atoms in total. The van der Waals surface area contributed by atoms with Gasteiger partial charge in [0.1, 0.15) is 11.3 Å². The molecule has 3 aromatic heterocycles. The number of benzene rings is 1. The van der Waals surface area contributed by atoms with Crippen LogP contribution in [0.15, 0.2) is 76.8 Å². The van der Waals surface area contributed by atoms with Crippen LogP contribution in [0, 0.1) is 0 Å². The van der Waals surface area contributed by atoms with Crippen LogP contribution in [0.2, 0.25) is 0 Å². The van der Waals surface area contributed by atoms with Crippen molar-refractivity contribution in [1.82, 2.24) is 19.7 Å². The van der Waals surface area contributed by atoms with Crippen molar-refractivity contribution in [2.45, 2.75) is 43.3 Å². The van der Waals surface area contributed by atoms with Crippen molar-refractivity contribution in [3.63, 3.8) is 0 Å². The molecule has 5 rings (SSSR count). The first-order chi connectivity index (χ1) is 16.9. The van der Waals surface area contributed by atoms with Gasteiger partial charge < -0.3 is 9.73 Å². The van der Waals surface area contributed by atoms with Crippen LogP contribution in [0.3, 0.4) is 0 Å². The maximum Gasteiger partial charge on any atom is 0.250 e. The van der Waals surface area contributed by atoms with Gasteiger partial charge in [0, 0.05) is 18.0 Å². The van der Waals surface area contributed by atoms with Gasteiger partial charge in [-0.1, -0.05) is 23.9 Å². The molecule has 1 aliphatic rings. The molecule has 0 saturated carbocycles. The van der Waals surface area contributed by atoms with Gasteiger partial charge in [0.25, 0.3) is 0 Å². The molecule has 0 unspecified atom stereocenters. The average molecular weight is 489 g/mol. The zero-order valence-electron chi connectivity index (χ0n) is 19.5. The van der Waals surface area contributed by atoms with Crippen LogP contribution < -0.4 is 10.2 Å². The van der Waals surface area contributed by atoms with Crippen molar-refractivity contribution in [1.29, 1.82) is 0 Å². The smallest absolute Gasteiger partial charge is 0.250 e.